The van der Waals surface area contributed by atoms with Crippen molar-refractivity contribution < 1.29 is 0 Å². The summed E-state index contributed by atoms with van der Waals surface area (Å²) in [5.41, 5.74) is 0. The maximum Gasteiger partial charge on any atom is -0.0167 e. The van der Waals surface area contributed by atoms with Crippen LogP contribution in [0.1, 0.15) is 32.1 Å². The van der Waals surface area contributed by atoms with Gasteiger partial charge in [0.15, 0.2) is 0 Å². The average Bonchev–Trinajstić information content (AvgIpc) is 2.05. The summed E-state index contributed by atoms with van der Waals surface area (Å²) in [5.74, 6) is 0. The quantitative estimate of drug-likeness (QED) is 0.474. The molecule has 0 heterocycles. The van der Waals surface area contributed by atoms with Gasteiger partial charge in [-0.15, -0.1) is 0 Å². The lowest BCUT2D eigenvalue weighted by atomic mass is 10.1. The van der Waals surface area contributed by atoms with Crippen LogP contribution in [0.15, 0.2) is 36.5 Å². The summed E-state index contributed by atoms with van der Waals surface area (Å²) >= 11 is 0. The van der Waals surface area contributed by atoms with Gasteiger partial charge in [0, 0.05) is 0 Å². The van der Waals surface area contributed by atoms with Crippen LogP contribution < -0.4 is 0 Å². The molecule has 0 N–H and O–H groups in total. The van der Waals surface area contributed by atoms with Gasteiger partial charge in [0.1, 0.15) is 0 Å². The van der Waals surface area contributed by atoms with Crippen LogP contribution in [0.5, 0.6) is 0 Å². The van der Waals surface area contributed by atoms with Crippen molar-refractivity contribution in [1.29, 1.82) is 0 Å². The van der Waals surface area contributed by atoms with Gasteiger partial charge in [-0.1, -0.05) is 36.5 Å². The SMILES string of the molecule is [CH]1/C=C/C=C\CC/C=C\CCC1. The molecular weight excluding hydrogens is 144 g/mol. The molecule has 0 saturated heterocycles. The van der Waals surface area contributed by atoms with Gasteiger partial charge in [0.05, 0.1) is 0 Å². The number of allylic oxidation sites excluding steroid dienone is 6. The maximum absolute atomic E-state index is 2.30. The monoisotopic (exact) mass is 161 g/mol. The normalized spacial score (nSPS) is 28.0. The van der Waals surface area contributed by atoms with E-state index in [4.69, 9.17) is 0 Å². The fraction of sp³-hybridized carbons (Fsp3) is 0.417. The lowest BCUT2D eigenvalue weighted by Crippen LogP contribution is -1.74. The molecule has 0 spiro atoms. The summed E-state index contributed by atoms with van der Waals surface area (Å²) in [6.07, 6.45) is 21.5. The lowest BCUT2D eigenvalue weighted by Gasteiger charge is -1.93. The van der Waals surface area contributed by atoms with E-state index in [2.05, 4.69) is 42.9 Å². The number of rotatable bonds is 0. The highest BCUT2D eigenvalue weighted by Crippen LogP contribution is 2.03. The van der Waals surface area contributed by atoms with E-state index in [1.807, 2.05) is 0 Å². The molecule has 0 aromatic carbocycles. The Bertz CT molecular complexity index is 172. The first-order chi connectivity index (χ1) is 6.00. The van der Waals surface area contributed by atoms with E-state index in [9.17, 15) is 0 Å². The van der Waals surface area contributed by atoms with Crippen LogP contribution in [0.3, 0.4) is 0 Å². The molecule has 0 bridgehead atoms. The molecule has 0 heteroatoms. The lowest BCUT2D eigenvalue weighted by molar-refractivity contribution is 0.838. The summed E-state index contributed by atoms with van der Waals surface area (Å²) in [6.45, 7) is 0. The van der Waals surface area contributed by atoms with E-state index in [0.717, 1.165) is 0 Å². The molecule has 0 aromatic heterocycles. The van der Waals surface area contributed by atoms with E-state index in [-0.39, 0.29) is 0 Å². The third-order valence-corrected chi connectivity index (χ3v) is 1.90. The first-order valence-electron chi connectivity index (χ1n) is 4.80. The van der Waals surface area contributed by atoms with E-state index < -0.39 is 0 Å². The summed E-state index contributed by atoms with van der Waals surface area (Å²) in [6, 6.07) is 0. The Morgan fingerprint density at radius 3 is 2.42 bits per heavy atom. The van der Waals surface area contributed by atoms with Crippen molar-refractivity contribution in [2.75, 3.05) is 0 Å². The smallest absolute Gasteiger partial charge is 0.0167 e. The van der Waals surface area contributed by atoms with Crippen LogP contribution in [-0.2, 0) is 0 Å². The minimum Gasteiger partial charge on any atom is -0.0885 e. The molecule has 1 aliphatic carbocycles. The Hall–Kier alpha value is -0.780. The van der Waals surface area contributed by atoms with Crippen LogP contribution in [-0.4, -0.2) is 0 Å². The van der Waals surface area contributed by atoms with Crippen molar-refractivity contribution in [2.24, 2.45) is 0 Å². The van der Waals surface area contributed by atoms with Crippen LogP contribution >= 0.6 is 0 Å². The molecule has 0 aromatic rings. The van der Waals surface area contributed by atoms with Crippen molar-refractivity contribution in [2.45, 2.75) is 32.1 Å². The van der Waals surface area contributed by atoms with Crippen LogP contribution in [0, 0.1) is 6.42 Å². The van der Waals surface area contributed by atoms with Crippen LogP contribution in [0.4, 0.5) is 0 Å². The Morgan fingerprint density at radius 1 is 0.583 bits per heavy atom. The predicted octanol–water partition coefficient (Wildman–Crippen LogP) is 3.82. The van der Waals surface area contributed by atoms with Gasteiger partial charge in [-0.2, -0.15) is 0 Å². The minimum atomic E-state index is 1.17. The summed E-state index contributed by atoms with van der Waals surface area (Å²) in [4.78, 5) is 0. The minimum absolute atomic E-state index is 1.17. The van der Waals surface area contributed by atoms with Crippen molar-refractivity contribution in [3.05, 3.63) is 42.9 Å². The zero-order chi connectivity index (χ0) is 8.49. The fourth-order valence-corrected chi connectivity index (χ4v) is 1.20. The molecule has 0 saturated carbocycles. The van der Waals surface area contributed by atoms with E-state index >= 15 is 0 Å². The third-order valence-electron chi connectivity index (χ3n) is 1.90. The largest absolute Gasteiger partial charge is 0.0885 e. The molecule has 0 unspecified atom stereocenters. The molecule has 12 heavy (non-hydrogen) atoms. The van der Waals surface area contributed by atoms with Crippen molar-refractivity contribution in [3.8, 4) is 0 Å². The van der Waals surface area contributed by atoms with E-state index in [1.54, 1.807) is 0 Å². The maximum atomic E-state index is 2.30. The van der Waals surface area contributed by atoms with Crippen molar-refractivity contribution in [3.63, 3.8) is 0 Å². The molecule has 0 atom stereocenters. The van der Waals surface area contributed by atoms with Gasteiger partial charge in [-0.25, -0.2) is 0 Å². The van der Waals surface area contributed by atoms with Crippen LogP contribution in [0.25, 0.3) is 0 Å². The standard InChI is InChI=1S/C12H17/c1-2-4-6-8-10-12-11-9-7-5-3-1/h1-5,10,12H,6-9,11H2/b3-1+,4-2-,12-10-. The highest BCUT2D eigenvalue weighted by Gasteiger charge is 1.84. The summed E-state index contributed by atoms with van der Waals surface area (Å²) in [7, 11) is 0. The zero-order valence-electron chi connectivity index (χ0n) is 7.58. The van der Waals surface area contributed by atoms with E-state index in [1.165, 1.54) is 32.1 Å². The van der Waals surface area contributed by atoms with Gasteiger partial charge in [0.25, 0.3) is 0 Å². The first kappa shape index (κ1) is 9.31. The Balaban J connectivity index is 2.31. The molecule has 0 aliphatic heterocycles. The van der Waals surface area contributed by atoms with Gasteiger partial charge < -0.3 is 0 Å². The van der Waals surface area contributed by atoms with Gasteiger partial charge in [-0.05, 0) is 38.5 Å². The molecule has 1 rings (SSSR count). The first-order valence-corrected chi connectivity index (χ1v) is 4.80. The van der Waals surface area contributed by atoms with Gasteiger partial charge >= 0.3 is 0 Å². The fourth-order valence-electron chi connectivity index (χ4n) is 1.20. The Labute approximate surface area is 75.7 Å². The van der Waals surface area contributed by atoms with E-state index in [0.29, 0.717) is 0 Å². The second-order valence-electron chi connectivity index (χ2n) is 3.03. The van der Waals surface area contributed by atoms with Gasteiger partial charge in [0.2, 0.25) is 0 Å². The average molecular weight is 161 g/mol. The Morgan fingerprint density at radius 2 is 1.42 bits per heavy atom. The highest BCUT2D eigenvalue weighted by molar-refractivity contribution is 5.08. The summed E-state index contributed by atoms with van der Waals surface area (Å²) in [5, 5.41) is 0. The molecule has 1 radical (unpaired) electrons. The van der Waals surface area contributed by atoms with Crippen LogP contribution in [0.2, 0.25) is 0 Å². The molecule has 0 amide bonds. The topological polar surface area (TPSA) is 0 Å². The zero-order valence-corrected chi connectivity index (χ0v) is 7.58. The molecule has 65 valence electrons. The number of hydrogen-bond donors (Lipinski definition) is 0. The van der Waals surface area contributed by atoms with Crippen molar-refractivity contribution in [1.82, 2.24) is 0 Å². The molecule has 0 nitrogen and oxygen atoms in total. The van der Waals surface area contributed by atoms with Gasteiger partial charge in [-0.3, -0.25) is 0 Å². The second-order valence-corrected chi connectivity index (χ2v) is 3.03. The second kappa shape index (κ2) is 6.90. The predicted molar refractivity (Wildman–Crippen MR) is 54.8 cm³/mol. The number of hydrogen-bond acceptors (Lipinski definition) is 0. The molecule has 0 fully saturated rings. The highest BCUT2D eigenvalue weighted by atomic mass is 13.9. The Kier molecular flexibility index (Phi) is 5.35. The molecular formula is C12H17. The summed E-state index contributed by atoms with van der Waals surface area (Å²) < 4.78 is 0. The third kappa shape index (κ3) is 4.95. The van der Waals surface area contributed by atoms with Crippen molar-refractivity contribution >= 4 is 0 Å². The molecule has 1 aliphatic rings.